The maximum Gasteiger partial charge on any atom is 0.494 e. The smallest absolute Gasteiger partial charge is 0.465 e. The standard InChI is InChI=1S/C38H48BN3O6/c1-7-28(42(36(45)46)23-33-31-15-11-9-13-29(31)30-14-10-12-16-32(30)33)22-40-34(8-2)35(44)41-27(24-43)21-25-17-19-26(20-18-25)39-47-37(3,4)38(5,6)48-39/h9-20,24,27-28,33-34,40H,7-8,21-23H2,1-6H3,(H,41,44)(H,45,46)/t27-,28?,34-/m0/s1. The average molecular weight is 654 g/mol. The van der Waals surface area contributed by atoms with E-state index in [4.69, 9.17) is 9.31 Å². The number of hydrogen-bond acceptors (Lipinski definition) is 6. The summed E-state index contributed by atoms with van der Waals surface area (Å²) < 4.78 is 12.3. The Hall–Kier alpha value is -3.99. The van der Waals surface area contributed by atoms with Gasteiger partial charge in [-0.05, 0) is 80.2 Å². The number of carbonyl (C=O) groups is 3. The number of benzene rings is 3. The van der Waals surface area contributed by atoms with E-state index in [0.717, 1.165) is 39.6 Å². The molecule has 0 spiro atoms. The molecule has 3 atom stereocenters. The summed E-state index contributed by atoms with van der Waals surface area (Å²) in [6.45, 7) is 12.5. The summed E-state index contributed by atoms with van der Waals surface area (Å²) in [5, 5.41) is 16.5. The molecule has 1 heterocycles. The molecule has 2 aliphatic rings. The number of amides is 2. The second-order valence-electron chi connectivity index (χ2n) is 13.9. The summed E-state index contributed by atoms with van der Waals surface area (Å²) in [5.41, 5.74) is 5.44. The zero-order valence-electron chi connectivity index (χ0n) is 28.9. The third-order valence-electron chi connectivity index (χ3n) is 10.3. The van der Waals surface area contributed by atoms with Crippen LogP contribution in [0.3, 0.4) is 0 Å². The van der Waals surface area contributed by atoms with Gasteiger partial charge in [0.1, 0.15) is 6.29 Å². The fourth-order valence-corrected chi connectivity index (χ4v) is 6.67. The Labute approximate surface area is 284 Å². The van der Waals surface area contributed by atoms with Crippen LogP contribution in [0.1, 0.15) is 77.0 Å². The summed E-state index contributed by atoms with van der Waals surface area (Å²) in [4.78, 5) is 39.5. The zero-order valence-corrected chi connectivity index (χ0v) is 28.9. The first-order valence-corrected chi connectivity index (χ1v) is 17.0. The van der Waals surface area contributed by atoms with Crippen molar-refractivity contribution in [1.29, 1.82) is 0 Å². The van der Waals surface area contributed by atoms with Crippen LogP contribution in [-0.4, -0.2) is 77.8 Å². The lowest BCUT2D eigenvalue weighted by Gasteiger charge is -2.33. The molecule has 3 aromatic carbocycles. The number of rotatable bonds is 14. The summed E-state index contributed by atoms with van der Waals surface area (Å²) in [5.74, 6) is -0.369. The Morgan fingerprint density at radius 1 is 0.896 bits per heavy atom. The van der Waals surface area contributed by atoms with Crippen LogP contribution in [0.4, 0.5) is 4.79 Å². The molecule has 254 valence electrons. The summed E-state index contributed by atoms with van der Waals surface area (Å²) in [6, 6.07) is 22.4. The highest BCUT2D eigenvalue weighted by Gasteiger charge is 2.51. The molecule has 3 N–H and O–H groups in total. The van der Waals surface area contributed by atoms with Crippen LogP contribution in [0, 0.1) is 0 Å². The minimum Gasteiger partial charge on any atom is -0.465 e. The Morgan fingerprint density at radius 3 is 1.96 bits per heavy atom. The van der Waals surface area contributed by atoms with Gasteiger partial charge < -0.3 is 34.7 Å². The minimum atomic E-state index is -0.992. The van der Waals surface area contributed by atoms with Crippen molar-refractivity contribution in [3.8, 4) is 11.1 Å². The number of nitrogens with zero attached hydrogens (tertiary/aromatic N) is 1. The van der Waals surface area contributed by atoms with E-state index in [9.17, 15) is 19.5 Å². The van der Waals surface area contributed by atoms with Crippen molar-refractivity contribution in [1.82, 2.24) is 15.5 Å². The molecule has 1 saturated heterocycles. The van der Waals surface area contributed by atoms with Gasteiger partial charge >= 0.3 is 13.2 Å². The third kappa shape index (κ3) is 7.36. The summed E-state index contributed by atoms with van der Waals surface area (Å²) >= 11 is 0. The van der Waals surface area contributed by atoms with Crippen molar-refractivity contribution < 1.29 is 28.8 Å². The van der Waals surface area contributed by atoms with E-state index >= 15 is 0 Å². The normalized spacial score (nSPS) is 18.0. The lowest BCUT2D eigenvalue weighted by Crippen LogP contribution is -2.53. The number of fused-ring (bicyclic) bond motifs is 3. The quantitative estimate of drug-likeness (QED) is 0.163. The van der Waals surface area contributed by atoms with Crippen molar-refractivity contribution in [2.24, 2.45) is 0 Å². The molecule has 9 nitrogen and oxygen atoms in total. The van der Waals surface area contributed by atoms with Gasteiger partial charge in [-0.3, -0.25) is 4.79 Å². The molecule has 1 fully saturated rings. The van der Waals surface area contributed by atoms with E-state index < -0.39 is 36.5 Å². The van der Waals surface area contributed by atoms with Crippen molar-refractivity contribution >= 4 is 30.9 Å². The second-order valence-corrected chi connectivity index (χ2v) is 13.9. The number of nitrogens with one attached hydrogen (secondary N) is 2. The Kier molecular flexibility index (Phi) is 10.8. The summed E-state index contributed by atoms with van der Waals surface area (Å²) in [6.07, 6.45) is 1.16. The molecule has 2 amide bonds. The van der Waals surface area contributed by atoms with Crippen LogP contribution >= 0.6 is 0 Å². The van der Waals surface area contributed by atoms with E-state index in [2.05, 4.69) is 34.9 Å². The monoisotopic (exact) mass is 653 g/mol. The largest absolute Gasteiger partial charge is 0.494 e. The highest BCUT2D eigenvalue weighted by molar-refractivity contribution is 6.62. The Balaban J connectivity index is 1.19. The van der Waals surface area contributed by atoms with E-state index in [-0.39, 0.29) is 17.9 Å². The highest BCUT2D eigenvalue weighted by atomic mass is 16.7. The molecule has 0 bridgehead atoms. The second kappa shape index (κ2) is 14.6. The summed E-state index contributed by atoms with van der Waals surface area (Å²) in [7, 11) is -0.476. The van der Waals surface area contributed by atoms with Crippen LogP contribution in [0.2, 0.25) is 0 Å². The fraction of sp³-hybridized carbons (Fsp3) is 0.447. The molecular weight excluding hydrogens is 605 g/mol. The van der Waals surface area contributed by atoms with Gasteiger partial charge in [0.25, 0.3) is 0 Å². The number of aldehydes is 1. The molecule has 0 aromatic heterocycles. The van der Waals surface area contributed by atoms with E-state index in [0.29, 0.717) is 32.4 Å². The first-order chi connectivity index (χ1) is 22.9. The van der Waals surface area contributed by atoms with Crippen molar-refractivity contribution in [2.45, 2.75) is 96.1 Å². The lowest BCUT2D eigenvalue weighted by atomic mass is 9.78. The zero-order chi connectivity index (χ0) is 34.6. The van der Waals surface area contributed by atoms with Crippen LogP contribution in [-0.2, 0) is 25.3 Å². The third-order valence-corrected chi connectivity index (χ3v) is 10.3. The number of carboxylic acid groups (broad SMARTS) is 1. The van der Waals surface area contributed by atoms with Crippen molar-refractivity contribution in [3.05, 3.63) is 89.5 Å². The molecule has 10 heteroatoms. The first-order valence-electron chi connectivity index (χ1n) is 17.0. The van der Waals surface area contributed by atoms with Crippen LogP contribution < -0.4 is 16.1 Å². The predicted molar refractivity (Wildman–Crippen MR) is 188 cm³/mol. The van der Waals surface area contributed by atoms with Gasteiger partial charge in [0, 0.05) is 25.0 Å². The van der Waals surface area contributed by atoms with Gasteiger partial charge in [0.2, 0.25) is 5.91 Å². The molecule has 0 saturated carbocycles. The average Bonchev–Trinajstić information content (AvgIpc) is 3.50. The maximum atomic E-state index is 13.3. The fourth-order valence-electron chi connectivity index (χ4n) is 6.67. The van der Waals surface area contributed by atoms with E-state index in [1.165, 1.54) is 4.90 Å². The molecule has 3 aromatic rings. The molecule has 0 radical (unpaired) electrons. The van der Waals surface area contributed by atoms with Gasteiger partial charge in [0.15, 0.2) is 0 Å². The van der Waals surface area contributed by atoms with Crippen molar-refractivity contribution in [2.75, 3.05) is 13.1 Å². The lowest BCUT2D eigenvalue weighted by molar-refractivity contribution is -0.125. The number of carbonyl (C=O) groups excluding carboxylic acids is 2. The molecule has 5 rings (SSSR count). The maximum absolute atomic E-state index is 13.3. The van der Waals surface area contributed by atoms with Crippen LogP contribution in [0.25, 0.3) is 11.1 Å². The molecule has 1 unspecified atom stereocenters. The topological polar surface area (TPSA) is 117 Å². The van der Waals surface area contributed by atoms with Crippen LogP contribution in [0.15, 0.2) is 72.8 Å². The first kappa shape index (κ1) is 35.3. The van der Waals surface area contributed by atoms with Gasteiger partial charge in [0.05, 0.1) is 23.3 Å². The molecule has 48 heavy (non-hydrogen) atoms. The Bertz CT molecular complexity index is 1550. The number of hydrogen-bond donors (Lipinski definition) is 3. The minimum absolute atomic E-state index is 0.0767. The van der Waals surface area contributed by atoms with E-state index in [1.807, 2.05) is 90.1 Å². The van der Waals surface area contributed by atoms with Crippen LogP contribution in [0.5, 0.6) is 0 Å². The van der Waals surface area contributed by atoms with Gasteiger partial charge in [-0.15, -0.1) is 0 Å². The van der Waals surface area contributed by atoms with E-state index in [1.54, 1.807) is 0 Å². The van der Waals surface area contributed by atoms with Gasteiger partial charge in [-0.25, -0.2) is 4.79 Å². The predicted octanol–water partition coefficient (Wildman–Crippen LogP) is 5.15. The molecule has 1 aliphatic carbocycles. The van der Waals surface area contributed by atoms with Gasteiger partial charge in [-0.1, -0.05) is 86.6 Å². The molecule has 1 aliphatic heterocycles. The SMILES string of the molecule is CCC(CN[C@@H](CC)C(=O)N[C@H](C=O)Cc1ccc(B2OC(C)(C)C(C)(C)O2)cc1)N(CC1c2ccccc2-c2ccccc21)C(=O)O. The highest BCUT2D eigenvalue weighted by Crippen LogP contribution is 2.45. The Morgan fingerprint density at radius 2 is 1.46 bits per heavy atom. The van der Waals surface area contributed by atoms with Gasteiger partial charge in [-0.2, -0.15) is 0 Å². The molecular formula is C38H48BN3O6. The van der Waals surface area contributed by atoms with Crippen molar-refractivity contribution in [3.63, 3.8) is 0 Å².